The summed E-state index contributed by atoms with van der Waals surface area (Å²) >= 11 is 0. The Kier molecular flexibility index (Phi) is 1.43. The maximum Gasteiger partial charge on any atom is 0.243 e. The fraction of sp³-hybridized carbons (Fsp3) is 0.400. The van der Waals surface area contributed by atoms with E-state index in [0.29, 0.717) is 11.4 Å². The highest BCUT2D eigenvalue weighted by Gasteiger charge is 2.49. The van der Waals surface area contributed by atoms with Crippen LogP contribution in [0, 0.1) is 6.92 Å². The van der Waals surface area contributed by atoms with Crippen molar-refractivity contribution >= 4 is 10.0 Å². The molecule has 14 heavy (non-hydrogen) atoms. The van der Waals surface area contributed by atoms with Crippen molar-refractivity contribution in [3.8, 4) is 0 Å². The summed E-state index contributed by atoms with van der Waals surface area (Å²) in [6.45, 7) is 2.70. The summed E-state index contributed by atoms with van der Waals surface area (Å²) in [7, 11) is -3.13. The van der Waals surface area contributed by atoms with Gasteiger partial charge in [-0.05, 0) is 25.0 Å². The number of hydrogen-bond acceptors (Lipinski definition) is 2. The number of rotatable bonds is 0. The third-order valence-electron chi connectivity index (χ3n) is 2.92. The fourth-order valence-electron chi connectivity index (χ4n) is 2.12. The van der Waals surface area contributed by atoms with Gasteiger partial charge in [0.2, 0.25) is 10.0 Å². The minimum absolute atomic E-state index is 0.245. The maximum atomic E-state index is 11.9. The molecule has 0 saturated carbocycles. The molecule has 2 heterocycles. The van der Waals surface area contributed by atoms with E-state index < -0.39 is 10.0 Å². The van der Waals surface area contributed by atoms with E-state index in [-0.39, 0.29) is 6.04 Å². The number of nitrogens with zero attached hydrogens (tertiary/aromatic N) is 1. The second kappa shape index (κ2) is 2.38. The van der Waals surface area contributed by atoms with E-state index in [2.05, 4.69) is 0 Å². The van der Waals surface area contributed by atoms with Gasteiger partial charge in [0.05, 0.1) is 4.90 Å². The monoisotopic (exact) mass is 209 g/mol. The Bertz CT molecular complexity index is 507. The van der Waals surface area contributed by atoms with Gasteiger partial charge in [-0.2, -0.15) is 4.31 Å². The molecule has 2 aliphatic rings. The van der Waals surface area contributed by atoms with E-state index >= 15 is 0 Å². The molecule has 74 valence electrons. The third kappa shape index (κ3) is 0.980. The Hall–Kier alpha value is -0.870. The van der Waals surface area contributed by atoms with Crippen LogP contribution >= 0.6 is 0 Å². The van der Waals surface area contributed by atoms with Crippen molar-refractivity contribution in [1.82, 2.24) is 4.31 Å². The Morgan fingerprint density at radius 3 is 3.00 bits per heavy atom. The summed E-state index contributed by atoms with van der Waals surface area (Å²) in [5, 5.41) is 0. The maximum absolute atomic E-state index is 11.9. The van der Waals surface area contributed by atoms with Crippen molar-refractivity contribution in [2.75, 3.05) is 6.54 Å². The molecule has 1 fully saturated rings. The van der Waals surface area contributed by atoms with Crippen LogP contribution in [0.25, 0.3) is 0 Å². The average Bonchev–Trinajstić information content (AvgIpc) is 2.83. The van der Waals surface area contributed by atoms with Crippen molar-refractivity contribution in [3.05, 3.63) is 29.3 Å². The minimum Gasteiger partial charge on any atom is -0.207 e. The van der Waals surface area contributed by atoms with Crippen LogP contribution in [-0.2, 0) is 16.4 Å². The standard InChI is InChI=1S/C10H11NO2S/c1-7-2-3-10-8(4-7)5-9-6-11(9)14(10,12)13/h2-4,9H,5-6H2,1H3. The lowest BCUT2D eigenvalue weighted by molar-refractivity contribution is 0.541. The molecule has 2 aliphatic heterocycles. The van der Waals surface area contributed by atoms with Gasteiger partial charge in [-0.25, -0.2) is 8.42 Å². The van der Waals surface area contributed by atoms with Gasteiger partial charge in [-0.3, -0.25) is 0 Å². The molecule has 0 spiro atoms. The van der Waals surface area contributed by atoms with Crippen molar-refractivity contribution in [2.45, 2.75) is 24.3 Å². The lowest BCUT2D eigenvalue weighted by atomic mass is 10.1. The predicted octanol–water partition coefficient (Wildman–Crippen LogP) is 0.924. The zero-order valence-corrected chi connectivity index (χ0v) is 8.71. The van der Waals surface area contributed by atoms with Gasteiger partial charge in [0.25, 0.3) is 0 Å². The van der Waals surface area contributed by atoms with Gasteiger partial charge in [0.1, 0.15) is 0 Å². The van der Waals surface area contributed by atoms with Crippen LogP contribution in [0.1, 0.15) is 11.1 Å². The molecular formula is C10H11NO2S. The molecule has 3 nitrogen and oxygen atoms in total. The van der Waals surface area contributed by atoms with E-state index in [1.807, 2.05) is 19.1 Å². The summed E-state index contributed by atoms with van der Waals surface area (Å²) in [5.74, 6) is 0. The van der Waals surface area contributed by atoms with E-state index in [0.717, 1.165) is 17.5 Å². The molecule has 1 saturated heterocycles. The summed E-state index contributed by atoms with van der Waals surface area (Å²) in [4.78, 5) is 0.511. The first-order valence-corrected chi connectivity index (χ1v) is 6.14. The molecule has 3 rings (SSSR count). The smallest absolute Gasteiger partial charge is 0.207 e. The zero-order chi connectivity index (χ0) is 9.92. The van der Waals surface area contributed by atoms with Crippen molar-refractivity contribution in [1.29, 1.82) is 0 Å². The predicted molar refractivity (Wildman–Crippen MR) is 52.6 cm³/mol. The molecule has 0 amide bonds. The Labute approximate surface area is 83.4 Å². The van der Waals surface area contributed by atoms with Gasteiger partial charge in [0.15, 0.2) is 0 Å². The van der Waals surface area contributed by atoms with E-state index in [1.54, 1.807) is 10.4 Å². The largest absolute Gasteiger partial charge is 0.243 e. The molecule has 0 N–H and O–H groups in total. The molecule has 4 heteroatoms. The van der Waals surface area contributed by atoms with E-state index in [9.17, 15) is 8.42 Å². The van der Waals surface area contributed by atoms with Crippen LogP contribution in [0.4, 0.5) is 0 Å². The van der Waals surface area contributed by atoms with Gasteiger partial charge < -0.3 is 0 Å². The first-order valence-electron chi connectivity index (χ1n) is 4.70. The van der Waals surface area contributed by atoms with Crippen LogP contribution in [0.2, 0.25) is 0 Å². The lowest BCUT2D eigenvalue weighted by Crippen LogP contribution is -2.22. The molecule has 0 bridgehead atoms. The highest BCUT2D eigenvalue weighted by Crippen LogP contribution is 2.38. The summed E-state index contributed by atoms with van der Waals surface area (Å²) < 4.78 is 25.3. The fourth-order valence-corrected chi connectivity index (χ4v) is 3.92. The lowest BCUT2D eigenvalue weighted by Gasteiger charge is -2.16. The zero-order valence-electron chi connectivity index (χ0n) is 7.90. The normalized spacial score (nSPS) is 31.8. The van der Waals surface area contributed by atoms with Crippen molar-refractivity contribution in [3.63, 3.8) is 0 Å². The summed E-state index contributed by atoms with van der Waals surface area (Å²) in [5.41, 5.74) is 2.12. The first-order chi connectivity index (χ1) is 6.59. The number of fused-ring (bicyclic) bond motifs is 2. The third-order valence-corrected chi connectivity index (χ3v) is 4.94. The molecule has 2 unspecified atom stereocenters. The van der Waals surface area contributed by atoms with Gasteiger partial charge in [0, 0.05) is 12.6 Å². The van der Waals surface area contributed by atoms with Crippen LogP contribution in [0.3, 0.4) is 0 Å². The van der Waals surface area contributed by atoms with Crippen molar-refractivity contribution < 1.29 is 8.42 Å². The highest BCUT2D eigenvalue weighted by molar-refractivity contribution is 7.89. The van der Waals surface area contributed by atoms with E-state index in [1.165, 1.54) is 0 Å². The Morgan fingerprint density at radius 1 is 1.43 bits per heavy atom. The topological polar surface area (TPSA) is 37.1 Å². The van der Waals surface area contributed by atoms with Gasteiger partial charge in [-0.1, -0.05) is 17.7 Å². The SMILES string of the molecule is Cc1ccc2c(c1)CC1CN1S2(=O)=O. The number of aryl methyl sites for hydroxylation is 1. The second-order valence-corrected chi connectivity index (χ2v) is 5.90. The van der Waals surface area contributed by atoms with Gasteiger partial charge in [-0.15, -0.1) is 0 Å². The molecular weight excluding hydrogens is 198 g/mol. The molecule has 2 atom stereocenters. The number of hydrogen-bond donors (Lipinski definition) is 0. The number of benzene rings is 1. The highest BCUT2D eigenvalue weighted by atomic mass is 32.2. The van der Waals surface area contributed by atoms with Crippen LogP contribution in [-0.4, -0.2) is 25.3 Å². The van der Waals surface area contributed by atoms with Crippen molar-refractivity contribution in [2.24, 2.45) is 0 Å². The summed E-state index contributed by atoms with van der Waals surface area (Å²) in [6, 6.07) is 5.83. The molecule has 0 radical (unpaired) electrons. The Balaban J connectivity index is 2.27. The molecule has 0 aliphatic carbocycles. The quantitative estimate of drug-likeness (QED) is 0.596. The molecule has 0 aromatic heterocycles. The average molecular weight is 209 g/mol. The van der Waals surface area contributed by atoms with E-state index in [4.69, 9.17) is 0 Å². The van der Waals surface area contributed by atoms with Crippen LogP contribution in [0.15, 0.2) is 23.1 Å². The van der Waals surface area contributed by atoms with Gasteiger partial charge >= 0.3 is 0 Å². The summed E-state index contributed by atoms with van der Waals surface area (Å²) in [6.07, 6.45) is 0.885. The Morgan fingerprint density at radius 2 is 2.21 bits per heavy atom. The number of sulfonamides is 1. The minimum atomic E-state index is -3.13. The van der Waals surface area contributed by atoms with Crippen LogP contribution in [0.5, 0.6) is 0 Å². The molecule has 1 aromatic rings. The van der Waals surface area contributed by atoms with Crippen LogP contribution < -0.4 is 0 Å². The first kappa shape index (κ1) is 8.44. The second-order valence-electron chi connectivity index (χ2n) is 4.04. The molecule has 1 aromatic carbocycles.